The monoisotopic (exact) mass is 433 g/mol. The first-order valence-corrected chi connectivity index (χ1v) is 10.2. The highest BCUT2D eigenvalue weighted by atomic mass is 79.9. The van der Waals surface area contributed by atoms with Crippen LogP contribution in [0.4, 0.5) is 4.79 Å². The molecule has 1 fully saturated rings. The average Bonchev–Trinajstić information content (AvgIpc) is 2.90. The number of imide groups is 1. The summed E-state index contributed by atoms with van der Waals surface area (Å²) >= 11 is 4.55. The molecular formula is C20H20BrNO3S. The first kappa shape index (κ1) is 19.0. The second-order valence-corrected chi connectivity index (χ2v) is 8.20. The molecule has 3 rings (SSSR count). The maximum Gasteiger partial charge on any atom is 0.289 e. The third-order valence-electron chi connectivity index (χ3n) is 4.12. The molecule has 0 aromatic heterocycles. The van der Waals surface area contributed by atoms with Crippen LogP contribution in [0.2, 0.25) is 0 Å². The summed E-state index contributed by atoms with van der Waals surface area (Å²) in [5, 5.41) is -0.445. The summed E-state index contributed by atoms with van der Waals surface area (Å²) in [7, 11) is 0. The highest BCUT2D eigenvalue weighted by Crippen LogP contribution is 2.30. The van der Waals surface area contributed by atoms with Crippen LogP contribution in [0, 0.1) is 0 Å². The quantitative estimate of drug-likeness (QED) is 0.612. The lowest BCUT2D eigenvalue weighted by Crippen LogP contribution is -2.32. The number of thioether (sulfide) groups is 1. The maximum absolute atomic E-state index is 12.3. The Labute approximate surface area is 166 Å². The zero-order chi connectivity index (χ0) is 18.5. The molecule has 2 aromatic carbocycles. The molecule has 0 N–H and O–H groups in total. The van der Waals surface area contributed by atoms with Gasteiger partial charge in [-0.2, -0.15) is 0 Å². The van der Waals surface area contributed by atoms with Crippen molar-refractivity contribution in [2.45, 2.75) is 31.6 Å². The van der Waals surface area contributed by atoms with Gasteiger partial charge in [0.2, 0.25) is 5.91 Å². The van der Waals surface area contributed by atoms with Crippen molar-refractivity contribution in [3.05, 3.63) is 64.1 Å². The summed E-state index contributed by atoms with van der Waals surface area (Å²) in [6.45, 7) is 2.97. The molecule has 0 radical (unpaired) electrons. The average molecular weight is 434 g/mol. The van der Waals surface area contributed by atoms with Crippen molar-refractivity contribution in [3.63, 3.8) is 0 Å². The normalized spacial score (nSPS) is 17.0. The van der Waals surface area contributed by atoms with Crippen LogP contribution in [0.3, 0.4) is 0 Å². The standard InChI is InChI=1S/C20H20BrNO3S/c1-2-11-22-19(23)18(26-20(22)24)12-14-5-9-17(10-6-14)25-13-15-3-7-16(21)8-4-15/h3-10,18H,2,11-13H2,1H3/t18-/m1/s1. The Morgan fingerprint density at radius 1 is 1.04 bits per heavy atom. The van der Waals surface area contributed by atoms with E-state index >= 15 is 0 Å². The van der Waals surface area contributed by atoms with Crippen LogP contribution in [0.15, 0.2) is 53.0 Å². The molecular weight excluding hydrogens is 414 g/mol. The van der Waals surface area contributed by atoms with E-state index in [1.165, 1.54) is 4.90 Å². The van der Waals surface area contributed by atoms with Crippen molar-refractivity contribution in [2.75, 3.05) is 6.54 Å². The maximum atomic E-state index is 12.3. The van der Waals surface area contributed by atoms with Crippen molar-refractivity contribution in [1.29, 1.82) is 0 Å². The molecule has 1 saturated heterocycles. The topological polar surface area (TPSA) is 46.6 Å². The molecule has 1 atom stereocenters. The molecule has 0 spiro atoms. The number of nitrogens with zero attached hydrogens (tertiary/aromatic N) is 1. The van der Waals surface area contributed by atoms with Gasteiger partial charge in [0.05, 0.1) is 5.25 Å². The number of hydrogen-bond acceptors (Lipinski definition) is 4. The van der Waals surface area contributed by atoms with Gasteiger partial charge in [0.15, 0.2) is 0 Å². The lowest BCUT2D eigenvalue weighted by atomic mass is 10.1. The fourth-order valence-corrected chi connectivity index (χ4v) is 4.06. The fourth-order valence-electron chi connectivity index (χ4n) is 2.74. The Balaban J connectivity index is 1.55. The van der Waals surface area contributed by atoms with Gasteiger partial charge in [-0.3, -0.25) is 14.5 Å². The van der Waals surface area contributed by atoms with Crippen LogP contribution < -0.4 is 4.74 Å². The number of halogens is 1. The molecule has 136 valence electrons. The third-order valence-corrected chi connectivity index (χ3v) is 5.72. The summed E-state index contributed by atoms with van der Waals surface area (Å²) in [5.41, 5.74) is 2.12. The molecule has 26 heavy (non-hydrogen) atoms. The van der Waals surface area contributed by atoms with Gasteiger partial charge in [0.25, 0.3) is 5.24 Å². The Hall–Kier alpha value is -1.79. The zero-order valence-electron chi connectivity index (χ0n) is 14.5. The molecule has 0 bridgehead atoms. The first-order valence-electron chi connectivity index (χ1n) is 8.55. The van der Waals surface area contributed by atoms with Crippen LogP contribution in [-0.4, -0.2) is 27.8 Å². The summed E-state index contributed by atoms with van der Waals surface area (Å²) in [6, 6.07) is 15.7. The molecule has 1 heterocycles. The molecule has 2 amide bonds. The minimum atomic E-state index is -0.316. The highest BCUT2D eigenvalue weighted by molar-refractivity contribution is 9.10. The van der Waals surface area contributed by atoms with Crippen molar-refractivity contribution < 1.29 is 14.3 Å². The van der Waals surface area contributed by atoms with Gasteiger partial charge in [-0.15, -0.1) is 0 Å². The summed E-state index contributed by atoms with van der Waals surface area (Å²) < 4.78 is 6.84. The van der Waals surface area contributed by atoms with Crippen molar-refractivity contribution >= 4 is 38.8 Å². The Bertz CT molecular complexity index is 777. The van der Waals surface area contributed by atoms with Crippen LogP contribution >= 0.6 is 27.7 Å². The van der Waals surface area contributed by atoms with E-state index in [-0.39, 0.29) is 16.4 Å². The fraction of sp³-hybridized carbons (Fsp3) is 0.300. The molecule has 1 aliphatic rings. The van der Waals surface area contributed by atoms with Gasteiger partial charge in [-0.25, -0.2) is 0 Å². The SMILES string of the molecule is CCCN1C(=O)S[C@H](Cc2ccc(OCc3ccc(Br)cc3)cc2)C1=O. The van der Waals surface area contributed by atoms with E-state index in [0.29, 0.717) is 19.6 Å². The van der Waals surface area contributed by atoms with E-state index in [0.717, 1.165) is 39.5 Å². The minimum Gasteiger partial charge on any atom is -0.489 e. The van der Waals surface area contributed by atoms with Crippen LogP contribution in [0.1, 0.15) is 24.5 Å². The van der Waals surface area contributed by atoms with E-state index in [2.05, 4.69) is 15.9 Å². The van der Waals surface area contributed by atoms with Gasteiger partial charge in [-0.05, 0) is 48.2 Å². The van der Waals surface area contributed by atoms with Crippen LogP contribution in [-0.2, 0) is 17.8 Å². The number of benzene rings is 2. The molecule has 1 aliphatic heterocycles. The Morgan fingerprint density at radius 3 is 2.35 bits per heavy atom. The van der Waals surface area contributed by atoms with Gasteiger partial charge in [0.1, 0.15) is 12.4 Å². The summed E-state index contributed by atoms with van der Waals surface area (Å²) in [6.07, 6.45) is 1.34. The van der Waals surface area contributed by atoms with Crippen LogP contribution in [0.25, 0.3) is 0 Å². The number of carbonyl (C=O) groups is 2. The molecule has 0 unspecified atom stereocenters. The predicted octanol–water partition coefficient (Wildman–Crippen LogP) is 5.04. The second kappa shape index (κ2) is 8.73. The van der Waals surface area contributed by atoms with Crippen molar-refractivity contribution in [1.82, 2.24) is 4.90 Å². The van der Waals surface area contributed by atoms with E-state index in [1.54, 1.807) is 0 Å². The lowest BCUT2D eigenvalue weighted by Gasteiger charge is -2.12. The number of ether oxygens (including phenoxy) is 1. The van der Waals surface area contributed by atoms with Crippen molar-refractivity contribution in [3.8, 4) is 5.75 Å². The molecule has 4 nitrogen and oxygen atoms in total. The first-order chi connectivity index (χ1) is 12.6. The van der Waals surface area contributed by atoms with Crippen molar-refractivity contribution in [2.24, 2.45) is 0 Å². The Kier molecular flexibility index (Phi) is 6.38. The summed E-state index contributed by atoms with van der Waals surface area (Å²) in [5.74, 6) is 0.711. The second-order valence-electron chi connectivity index (χ2n) is 6.13. The highest BCUT2D eigenvalue weighted by Gasteiger charge is 2.38. The Morgan fingerprint density at radius 2 is 1.69 bits per heavy atom. The molecule has 6 heteroatoms. The van der Waals surface area contributed by atoms with Gasteiger partial charge in [0, 0.05) is 11.0 Å². The van der Waals surface area contributed by atoms with E-state index in [1.807, 2.05) is 55.5 Å². The largest absolute Gasteiger partial charge is 0.489 e. The predicted molar refractivity (Wildman–Crippen MR) is 107 cm³/mol. The molecule has 0 aliphatic carbocycles. The third kappa shape index (κ3) is 4.68. The van der Waals surface area contributed by atoms with E-state index < -0.39 is 0 Å². The lowest BCUT2D eigenvalue weighted by molar-refractivity contribution is -0.126. The minimum absolute atomic E-state index is 0.0718. The van der Waals surface area contributed by atoms with Gasteiger partial charge in [-0.1, -0.05) is 58.9 Å². The van der Waals surface area contributed by atoms with Gasteiger partial charge >= 0.3 is 0 Å². The number of hydrogen-bond donors (Lipinski definition) is 0. The smallest absolute Gasteiger partial charge is 0.289 e. The number of carbonyl (C=O) groups excluding carboxylic acids is 2. The zero-order valence-corrected chi connectivity index (χ0v) is 16.9. The molecule has 0 saturated carbocycles. The summed E-state index contributed by atoms with van der Waals surface area (Å²) in [4.78, 5) is 25.6. The van der Waals surface area contributed by atoms with E-state index in [9.17, 15) is 9.59 Å². The molecule has 2 aromatic rings. The van der Waals surface area contributed by atoms with Crippen LogP contribution in [0.5, 0.6) is 5.75 Å². The van der Waals surface area contributed by atoms with E-state index in [4.69, 9.17) is 4.74 Å². The number of amides is 2. The van der Waals surface area contributed by atoms with Gasteiger partial charge < -0.3 is 4.74 Å². The number of rotatable bonds is 7.